The van der Waals surface area contributed by atoms with Crippen LogP contribution < -0.4 is 15.4 Å². The van der Waals surface area contributed by atoms with Crippen LogP contribution >= 0.6 is 0 Å². The van der Waals surface area contributed by atoms with E-state index in [9.17, 15) is 9.59 Å². The van der Waals surface area contributed by atoms with E-state index in [1.807, 2.05) is 56.6 Å². The molecule has 0 aliphatic heterocycles. The summed E-state index contributed by atoms with van der Waals surface area (Å²) in [5.41, 5.74) is -0.402. The van der Waals surface area contributed by atoms with Crippen LogP contribution in [0.25, 0.3) is 0 Å². The molecule has 2 amide bonds. The van der Waals surface area contributed by atoms with Gasteiger partial charge in [-0.25, -0.2) is 0 Å². The maximum Gasteiger partial charge on any atom is 0.240 e. The molecule has 6 nitrogen and oxygen atoms in total. The lowest BCUT2D eigenvalue weighted by Gasteiger charge is -2.18. The molecule has 1 aliphatic carbocycles. The van der Waals surface area contributed by atoms with Gasteiger partial charge in [0, 0.05) is 6.54 Å². The van der Waals surface area contributed by atoms with Gasteiger partial charge in [-0.05, 0) is 64.2 Å². The van der Waals surface area contributed by atoms with Gasteiger partial charge in [0.1, 0.15) is 11.2 Å². The third-order valence-electron chi connectivity index (χ3n) is 4.79. The van der Waals surface area contributed by atoms with Crippen molar-refractivity contribution in [3.8, 4) is 11.5 Å². The van der Waals surface area contributed by atoms with E-state index >= 15 is 0 Å². The molecule has 28 heavy (non-hydrogen) atoms. The molecular formula is C22H27N3O3. The molecule has 1 aliphatic rings. The summed E-state index contributed by atoms with van der Waals surface area (Å²) >= 11 is 0. The second-order valence-electron chi connectivity index (χ2n) is 7.36. The molecule has 0 aromatic heterocycles. The van der Waals surface area contributed by atoms with Crippen molar-refractivity contribution in [1.29, 1.82) is 0 Å². The minimum absolute atomic E-state index is 0.190. The monoisotopic (exact) mass is 381 g/mol. The van der Waals surface area contributed by atoms with E-state index in [1.54, 1.807) is 12.1 Å². The number of hydrogen-bond acceptors (Lipinski definition) is 4. The molecule has 1 fully saturated rings. The maximum atomic E-state index is 12.8. The molecule has 2 N–H and O–H groups in total. The number of anilines is 1. The predicted octanol–water partition coefficient (Wildman–Crippen LogP) is 3.27. The Morgan fingerprint density at radius 2 is 1.68 bits per heavy atom. The number of rotatable bonds is 9. The summed E-state index contributed by atoms with van der Waals surface area (Å²) in [5.74, 6) is 0.764. The van der Waals surface area contributed by atoms with Crippen LogP contribution in [0.4, 0.5) is 5.69 Å². The number of carbonyl (C=O) groups is 2. The normalized spacial score (nSPS) is 14.4. The molecule has 0 saturated heterocycles. The van der Waals surface area contributed by atoms with Gasteiger partial charge >= 0.3 is 0 Å². The fourth-order valence-corrected chi connectivity index (χ4v) is 2.97. The number of hydrogen-bond donors (Lipinski definition) is 2. The molecular weight excluding hydrogens is 354 g/mol. The smallest absolute Gasteiger partial charge is 0.240 e. The highest BCUT2D eigenvalue weighted by molar-refractivity contribution is 6.13. The molecule has 2 aromatic carbocycles. The van der Waals surface area contributed by atoms with Gasteiger partial charge in [0.15, 0.2) is 5.75 Å². The molecule has 0 radical (unpaired) electrons. The molecule has 0 bridgehead atoms. The van der Waals surface area contributed by atoms with Crippen LogP contribution in [0.5, 0.6) is 11.5 Å². The SMILES string of the molecule is CN(C)CCCNC(=O)C1(C(=O)Nc2ccccc2Oc2ccccc2)CC1. The van der Waals surface area contributed by atoms with Gasteiger partial charge in [0.2, 0.25) is 11.8 Å². The molecule has 2 aromatic rings. The Balaban J connectivity index is 1.62. The van der Waals surface area contributed by atoms with Gasteiger partial charge in [0.25, 0.3) is 0 Å². The molecule has 0 unspecified atom stereocenters. The molecule has 0 atom stereocenters. The summed E-state index contributed by atoms with van der Waals surface area (Å²) in [7, 11) is 3.99. The number of ether oxygens (including phenoxy) is 1. The molecule has 6 heteroatoms. The highest BCUT2D eigenvalue weighted by Crippen LogP contribution is 2.47. The first-order valence-corrected chi connectivity index (χ1v) is 9.58. The Morgan fingerprint density at radius 3 is 2.36 bits per heavy atom. The molecule has 0 spiro atoms. The average molecular weight is 381 g/mol. The highest BCUT2D eigenvalue weighted by atomic mass is 16.5. The first kappa shape index (κ1) is 19.9. The standard InChI is InChI=1S/C22H27N3O3/c1-25(2)16-8-15-23-20(26)22(13-14-22)21(27)24-18-11-6-7-12-19(18)28-17-9-4-3-5-10-17/h3-7,9-12H,8,13-16H2,1-2H3,(H,23,26)(H,24,27). The van der Waals surface area contributed by atoms with Crippen molar-refractivity contribution in [2.45, 2.75) is 19.3 Å². The van der Waals surface area contributed by atoms with Crippen molar-refractivity contribution in [1.82, 2.24) is 10.2 Å². The van der Waals surface area contributed by atoms with Gasteiger partial charge in [-0.15, -0.1) is 0 Å². The van der Waals surface area contributed by atoms with Crippen molar-refractivity contribution in [2.24, 2.45) is 5.41 Å². The molecule has 148 valence electrons. The van der Waals surface area contributed by atoms with E-state index in [0.29, 0.717) is 36.6 Å². The van der Waals surface area contributed by atoms with Crippen LogP contribution in [-0.4, -0.2) is 43.9 Å². The lowest BCUT2D eigenvalue weighted by molar-refractivity contribution is -0.134. The molecule has 0 heterocycles. The van der Waals surface area contributed by atoms with Crippen LogP contribution in [0.2, 0.25) is 0 Å². The van der Waals surface area contributed by atoms with Gasteiger partial charge in [-0.1, -0.05) is 30.3 Å². The third-order valence-corrected chi connectivity index (χ3v) is 4.79. The van der Waals surface area contributed by atoms with Crippen LogP contribution in [0.3, 0.4) is 0 Å². The minimum Gasteiger partial charge on any atom is -0.455 e. The quantitative estimate of drug-likeness (QED) is 0.517. The van der Waals surface area contributed by atoms with Crippen molar-refractivity contribution in [2.75, 3.05) is 32.5 Å². The molecule has 3 rings (SSSR count). The lowest BCUT2D eigenvalue weighted by Crippen LogP contribution is -2.40. The van der Waals surface area contributed by atoms with Crippen molar-refractivity contribution >= 4 is 17.5 Å². The zero-order valence-electron chi connectivity index (χ0n) is 16.4. The van der Waals surface area contributed by atoms with Gasteiger partial charge < -0.3 is 20.3 Å². The fourth-order valence-electron chi connectivity index (χ4n) is 2.97. The number of para-hydroxylation sites is 3. The summed E-state index contributed by atoms with van der Waals surface area (Å²) in [6, 6.07) is 16.6. The van der Waals surface area contributed by atoms with Crippen LogP contribution in [0.15, 0.2) is 54.6 Å². The zero-order valence-corrected chi connectivity index (χ0v) is 16.4. The number of nitrogens with zero attached hydrogens (tertiary/aromatic N) is 1. The average Bonchev–Trinajstić information content (AvgIpc) is 3.49. The van der Waals surface area contributed by atoms with E-state index in [2.05, 4.69) is 15.5 Å². The number of amides is 2. The first-order valence-electron chi connectivity index (χ1n) is 9.58. The maximum absolute atomic E-state index is 12.8. The van der Waals surface area contributed by atoms with E-state index in [-0.39, 0.29) is 11.8 Å². The third kappa shape index (κ3) is 4.89. The Bertz CT molecular complexity index is 817. The number of carbonyl (C=O) groups excluding carboxylic acids is 2. The highest BCUT2D eigenvalue weighted by Gasteiger charge is 2.56. The van der Waals surface area contributed by atoms with E-state index in [4.69, 9.17) is 4.74 Å². The summed E-state index contributed by atoms with van der Waals surface area (Å²) in [5, 5.41) is 5.79. The molecule has 1 saturated carbocycles. The Hall–Kier alpha value is -2.86. The van der Waals surface area contributed by atoms with E-state index in [1.165, 1.54) is 0 Å². The Morgan fingerprint density at radius 1 is 1.00 bits per heavy atom. The zero-order chi connectivity index (χ0) is 20.0. The summed E-state index contributed by atoms with van der Waals surface area (Å²) in [6.45, 7) is 1.46. The number of nitrogens with one attached hydrogen (secondary N) is 2. The summed E-state index contributed by atoms with van der Waals surface area (Å²) in [4.78, 5) is 27.5. The van der Waals surface area contributed by atoms with Gasteiger partial charge in [0.05, 0.1) is 5.69 Å². The summed E-state index contributed by atoms with van der Waals surface area (Å²) < 4.78 is 5.89. The Kier molecular flexibility index (Phi) is 6.31. The van der Waals surface area contributed by atoms with Gasteiger partial charge in [-0.2, -0.15) is 0 Å². The second-order valence-corrected chi connectivity index (χ2v) is 7.36. The first-order chi connectivity index (χ1) is 13.5. The minimum atomic E-state index is -0.960. The van der Waals surface area contributed by atoms with E-state index in [0.717, 1.165) is 13.0 Å². The topological polar surface area (TPSA) is 70.7 Å². The van der Waals surface area contributed by atoms with Crippen LogP contribution in [0.1, 0.15) is 19.3 Å². The lowest BCUT2D eigenvalue weighted by atomic mass is 10.0. The van der Waals surface area contributed by atoms with Crippen LogP contribution in [0, 0.1) is 5.41 Å². The largest absolute Gasteiger partial charge is 0.455 e. The van der Waals surface area contributed by atoms with Crippen molar-refractivity contribution < 1.29 is 14.3 Å². The van der Waals surface area contributed by atoms with Crippen molar-refractivity contribution in [3.05, 3.63) is 54.6 Å². The summed E-state index contributed by atoms with van der Waals surface area (Å²) in [6.07, 6.45) is 1.99. The second kappa shape index (κ2) is 8.89. The number of benzene rings is 2. The van der Waals surface area contributed by atoms with Crippen LogP contribution in [-0.2, 0) is 9.59 Å². The van der Waals surface area contributed by atoms with Crippen molar-refractivity contribution in [3.63, 3.8) is 0 Å². The van der Waals surface area contributed by atoms with E-state index < -0.39 is 5.41 Å². The Labute approximate surface area is 165 Å². The fraction of sp³-hybridized carbons (Fsp3) is 0.364. The van der Waals surface area contributed by atoms with Gasteiger partial charge in [-0.3, -0.25) is 9.59 Å². The predicted molar refractivity (Wildman–Crippen MR) is 109 cm³/mol.